The number of carbonyl (C=O) groups excluding carboxylic acids is 2. The van der Waals surface area contributed by atoms with Crippen molar-refractivity contribution in [3.63, 3.8) is 0 Å². The molecule has 79 heavy (non-hydrogen) atoms. The summed E-state index contributed by atoms with van der Waals surface area (Å²) in [5, 5.41) is 4.63. The second kappa shape index (κ2) is 37.6. The predicted octanol–water partition coefficient (Wildman–Crippen LogP) is 9.90. The molecule has 1 saturated heterocycles. The number of rotatable bonds is 18. The van der Waals surface area contributed by atoms with Crippen LogP contribution in [0.2, 0.25) is 0 Å². The first-order valence-corrected chi connectivity index (χ1v) is 29.0. The van der Waals surface area contributed by atoms with Gasteiger partial charge in [-0.25, -0.2) is 9.93 Å². The van der Waals surface area contributed by atoms with E-state index in [1.165, 1.54) is 81.7 Å². The number of anilines is 2. The van der Waals surface area contributed by atoms with E-state index < -0.39 is 0 Å². The van der Waals surface area contributed by atoms with Crippen LogP contribution in [-0.4, -0.2) is 117 Å². The Bertz CT molecular complexity index is 2430. The van der Waals surface area contributed by atoms with Crippen molar-refractivity contribution in [2.45, 2.75) is 172 Å². The molecule has 0 spiro atoms. The maximum atomic E-state index is 14.8. The topological polar surface area (TPSA) is 127 Å². The molecule has 0 radical (unpaired) electrons. The summed E-state index contributed by atoms with van der Waals surface area (Å²) in [6, 6.07) is 12.4. The largest absolute Gasteiger partial charge is 1.00 e. The van der Waals surface area contributed by atoms with Crippen molar-refractivity contribution < 1.29 is 74.7 Å². The van der Waals surface area contributed by atoms with E-state index in [1.54, 1.807) is 19.2 Å². The van der Waals surface area contributed by atoms with Crippen molar-refractivity contribution in [1.29, 1.82) is 0 Å². The second-order valence-corrected chi connectivity index (χ2v) is 21.5. The van der Waals surface area contributed by atoms with Gasteiger partial charge in [0.1, 0.15) is 5.82 Å². The van der Waals surface area contributed by atoms with Gasteiger partial charge in [0.15, 0.2) is 5.78 Å². The van der Waals surface area contributed by atoms with Gasteiger partial charge in [-0.3, -0.25) is 39.0 Å². The standard InChI is InChI=1S/C26H33F2N3O.C25H43N3O.C5H10NO.C4H5NO.2C2H6.K/c1-16(14-23-19(4)30(6)10-9-25(23)29-28)18(3)31-11-7-21(8-12-31)26-17(2)13-22(20(5)32)15-24(26)27;1-7-9-21(10-8-2)18-28-14-13-27(16-20(28)3)17-22-11-12-24-23(15-22)25(4,5)19-29-26(24)6;1-2-3-4-5(6)7;1-5-3-2-4(3)6;2*1-2;/h7,9,13-15,18,29H,8,10-12H2,1-6H3;11-12,15,20-21H,7-10,13-14,16-19H2,1-6H3;1-4H2,(H2,6,7);2,5H,1H3;2*1-2H3;/q;;-1;;;;+1/b16-14+;;;;;;. The van der Waals surface area contributed by atoms with Gasteiger partial charge in [-0.1, -0.05) is 105 Å². The molecular formula is C64H103F2KN8O4. The van der Waals surface area contributed by atoms with E-state index in [9.17, 15) is 23.3 Å². The quantitative estimate of drug-likeness (QED) is 0.0488. The fourth-order valence-corrected chi connectivity index (χ4v) is 10.1. The summed E-state index contributed by atoms with van der Waals surface area (Å²) in [5.74, 6) is 0.180. The van der Waals surface area contributed by atoms with Gasteiger partial charge >= 0.3 is 51.4 Å². The first-order chi connectivity index (χ1) is 37.1. The van der Waals surface area contributed by atoms with E-state index in [0.717, 1.165) is 78.5 Å². The minimum absolute atomic E-state index is 0. The van der Waals surface area contributed by atoms with Crippen LogP contribution in [0.5, 0.6) is 0 Å². The number of unbranched alkanes of at least 4 members (excludes halogenated alkanes) is 1. The van der Waals surface area contributed by atoms with Crippen molar-refractivity contribution >= 4 is 28.6 Å². The fraction of sp³-hybridized carbons (Fsp3) is 0.594. The number of ketones is 1. The molecule has 4 N–H and O–H groups in total. The Hall–Kier alpha value is -3.51. The SMILES string of the molecule is CC.CC.CC(=O)c1cc(C)c(C2=CCN(C(C)/C(C)=C/C3=C(C)N(C)CC=C3NF)CC2)c(F)c1.CCCC(CCC)CN1CCN(Cc2ccc3c(c2)C(C)(C)CON3C)CC1C.CNc1cc1=O.[CH2-]CCCC(N)=O.[K+]. The van der Waals surface area contributed by atoms with Crippen LogP contribution in [0, 0.1) is 25.6 Å². The minimum Gasteiger partial charge on any atom is -0.385 e. The minimum atomic E-state index is -0.333. The van der Waals surface area contributed by atoms with E-state index in [0.29, 0.717) is 42.4 Å². The van der Waals surface area contributed by atoms with E-state index in [4.69, 9.17) is 10.6 Å². The number of piperazine rings is 1. The zero-order valence-electron chi connectivity index (χ0n) is 52.4. The monoisotopic (exact) mass is 1120 g/mol. The zero-order chi connectivity index (χ0) is 58.9. The molecule has 15 heteroatoms. The summed E-state index contributed by atoms with van der Waals surface area (Å²) in [4.78, 5) is 47.2. The van der Waals surface area contributed by atoms with E-state index in [1.807, 2.05) is 72.3 Å². The van der Waals surface area contributed by atoms with Gasteiger partial charge in [0.05, 0.1) is 23.7 Å². The molecule has 4 aliphatic heterocycles. The molecule has 3 aromatic rings. The smallest absolute Gasteiger partial charge is 0.385 e. The molecule has 0 aromatic heterocycles. The van der Waals surface area contributed by atoms with Crippen LogP contribution in [0.1, 0.15) is 174 Å². The normalized spacial score (nSPS) is 17.7. The number of nitrogens with one attached hydrogen (secondary N) is 2. The van der Waals surface area contributed by atoms with Crippen molar-refractivity contribution in [1.82, 2.24) is 25.1 Å². The maximum Gasteiger partial charge on any atom is 1.00 e. The Morgan fingerprint density at radius 1 is 0.975 bits per heavy atom. The molecule has 4 aliphatic rings. The van der Waals surface area contributed by atoms with Crippen molar-refractivity contribution in [2.75, 3.05) is 83.9 Å². The van der Waals surface area contributed by atoms with Crippen LogP contribution in [0.15, 0.2) is 82.0 Å². The van der Waals surface area contributed by atoms with Gasteiger partial charge in [0, 0.05) is 126 Å². The summed E-state index contributed by atoms with van der Waals surface area (Å²) in [5.41, 5.74) is 18.0. The number of hydrogen-bond donors (Lipinski definition) is 3. The Kier molecular flexibility index (Phi) is 34.9. The summed E-state index contributed by atoms with van der Waals surface area (Å²) in [6.07, 6.45) is 14.2. The summed E-state index contributed by atoms with van der Waals surface area (Å²) in [6.45, 7) is 41.5. The third-order valence-corrected chi connectivity index (χ3v) is 15.0. The Labute approximate surface area is 520 Å². The Morgan fingerprint density at radius 3 is 2.10 bits per heavy atom. The molecule has 4 heterocycles. The molecule has 2 unspecified atom stereocenters. The zero-order valence-corrected chi connectivity index (χ0v) is 55.5. The molecule has 0 aliphatic carbocycles. The van der Waals surface area contributed by atoms with E-state index in [-0.39, 0.29) is 85.8 Å². The number of hydroxylamine groups is 1. The van der Waals surface area contributed by atoms with Crippen molar-refractivity contribution in [3.05, 3.63) is 128 Å². The van der Waals surface area contributed by atoms with Gasteiger partial charge in [0.2, 0.25) is 11.3 Å². The first kappa shape index (κ1) is 73.5. The van der Waals surface area contributed by atoms with Crippen LogP contribution in [0.25, 0.3) is 5.57 Å². The van der Waals surface area contributed by atoms with E-state index in [2.05, 4.69) is 111 Å². The number of nitrogens with two attached hydrogens (primary N) is 1. The number of halogens is 2. The molecule has 438 valence electrons. The maximum absolute atomic E-state index is 14.8. The molecule has 0 saturated carbocycles. The molecular weight excluding hydrogens is 1020 g/mol. The number of nitrogens with zero attached hydrogens (tertiary/aromatic N) is 5. The van der Waals surface area contributed by atoms with Gasteiger partial charge in [0.25, 0.3) is 0 Å². The molecule has 1 amide bonds. The summed E-state index contributed by atoms with van der Waals surface area (Å²) < 4.78 is 28.1. The van der Waals surface area contributed by atoms with Crippen LogP contribution < -0.4 is 78.5 Å². The van der Waals surface area contributed by atoms with Crippen LogP contribution >= 0.6 is 0 Å². The van der Waals surface area contributed by atoms with Crippen LogP contribution in [0.4, 0.5) is 20.2 Å². The Balaban J connectivity index is 0.000000606. The second-order valence-electron chi connectivity index (χ2n) is 21.5. The molecule has 7 rings (SSSR count). The molecule has 0 bridgehead atoms. The number of primary amides is 1. The Morgan fingerprint density at radius 2 is 1.62 bits per heavy atom. The van der Waals surface area contributed by atoms with Gasteiger partial charge in [-0.05, 0) is 113 Å². The number of hydrogen-bond acceptors (Lipinski definition) is 11. The molecule has 1 fully saturated rings. The van der Waals surface area contributed by atoms with Crippen molar-refractivity contribution in [3.8, 4) is 0 Å². The average molecular weight is 1130 g/mol. The number of carbonyl (C=O) groups is 2. The fourth-order valence-electron chi connectivity index (χ4n) is 10.1. The number of Topliss-reactive ketones (excluding diaryl/α,β-unsaturated/α-hetero) is 1. The number of fused-ring (bicyclic) bond motifs is 1. The van der Waals surface area contributed by atoms with Gasteiger partial charge < -0.3 is 22.9 Å². The molecule has 3 aromatic carbocycles. The van der Waals surface area contributed by atoms with Crippen LogP contribution in [0.3, 0.4) is 0 Å². The number of benzene rings is 2. The third kappa shape index (κ3) is 23.3. The molecule has 2 atom stereocenters. The number of amides is 1. The molecule has 12 nitrogen and oxygen atoms in total. The van der Waals surface area contributed by atoms with E-state index >= 15 is 0 Å². The third-order valence-electron chi connectivity index (χ3n) is 15.0. The summed E-state index contributed by atoms with van der Waals surface area (Å²) in [7, 11) is 5.74. The van der Waals surface area contributed by atoms with Crippen molar-refractivity contribution in [2.24, 2.45) is 11.7 Å². The van der Waals surface area contributed by atoms with Crippen LogP contribution in [-0.2, 0) is 21.6 Å². The first-order valence-electron chi connectivity index (χ1n) is 29.0. The summed E-state index contributed by atoms with van der Waals surface area (Å²) >= 11 is 0. The van der Waals surface area contributed by atoms with Gasteiger partial charge in [-0.2, -0.15) is 6.42 Å². The average Bonchev–Trinajstić information content (AvgIpc) is 4.16. The predicted molar refractivity (Wildman–Crippen MR) is 325 cm³/mol. The number of likely N-dealkylation sites (N-methyl/N-ethyl adjacent to an activating group) is 1. The number of allylic oxidation sites excluding steroid dienone is 2. The number of aryl methyl sites for hydroxylation is 1. The van der Waals surface area contributed by atoms with Gasteiger partial charge in [-0.15, -0.1) is 4.48 Å².